The van der Waals surface area contributed by atoms with E-state index in [-0.39, 0.29) is 24.3 Å². The van der Waals surface area contributed by atoms with Crippen molar-refractivity contribution in [2.75, 3.05) is 6.54 Å². The first-order valence-electron chi connectivity index (χ1n) is 4.14. The summed E-state index contributed by atoms with van der Waals surface area (Å²) in [5.74, 6) is 0.0677. The Hall–Kier alpha value is -1.42. The highest BCUT2D eigenvalue weighted by molar-refractivity contribution is 5.30. The lowest BCUT2D eigenvalue weighted by Crippen LogP contribution is -2.06. The predicted octanol–water partition coefficient (Wildman–Crippen LogP) is 2.04. The van der Waals surface area contributed by atoms with Gasteiger partial charge in [-0.05, 0) is 17.7 Å². The Kier molecular flexibility index (Phi) is 3.59. The smallest absolute Gasteiger partial charge is 0.271 e. The number of phenolic OH excluding ortho intramolecular Hbond substituents is 1. The van der Waals surface area contributed by atoms with Crippen LogP contribution in [0.3, 0.4) is 0 Å². The van der Waals surface area contributed by atoms with E-state index < -0.39 is 6.08 Å². The Morgan fingerprint density at radius 1 is 1.36 bits per heavy atom. The van der Waals surface area contributed by atoms with E-state index in [0.717, 1.165) is 0 Å². The molecule has 76 valence electrons. The Balaban J connectivity index is 2.83. The number of halogens is 2. The number of nitrogens with two attached hydrogens (primary N) is 1. The molecule has 1 aromatic carbocycles. The number of phenols is 1. The van der Waals surface area contributed by atoms with Crippen LogP contribution in [0.4, 0.5) is 8.78 Å². The average Bonchev–Trinajstić information content (AvgIpc) is 2.14. The summed E-state index contributed by atoms with van der Waals surface area (Å²) in [5.41, 5.74) is 5.68. The summed E-state index contributed by atoms with van der Waals surface area (Å²) >= 11 is 0. The molecule has 4 heteroatoms. The molecule has 0 aromatic heterocycles. The quantitative estimate of drug-likeness (QED) is 0.782. The molecule has 0 atom stereocenters. The van der Waals surface area contributed by atoms with Crippen LogP contribution in [0.2, 0.25) is 0 Å². The van der Waals surface area contributed by atoms with Crippen molar-refractivity contribution < 1.29 is 13.9 Å². The second-order valence-electron chi connectivity index (χ2n) is 2.91. The average molecular weight is 199 g/mol. The molecule has 2 nitrogen and oxygen atoms in total. The Morgan fingerprint density at radius 3 is 2.57 bits per heavy atom. The van der Waals surface area contributed by atoms with Crippen LogP contribution in [0, 0.1) is 0 Å². The molecule has 0 bridgehead atoms. The third-order valence-corrected chi connectivity index (χ3v) is 1.84. The van der Waals surface area contributed by atoms with E-state index >= 15 is 0 Å². The Morgan fingerprint density at radius 2 is 2.07 bits per heavy atom. The number of hydrogen-bond acceptors (Lipinski definition) is 2. The van der Waals surface area contributed by atoms with Crippen molar-refractivity contribution in [3.8, 4) is 5.75 Å². The fourth-order valence-corrected chi connectivity index (χ4v) is 1.13. The summed E-state index contributed by atoms with van der Waals surface area (Å²) in [6.07, 6.45) is -1.66. The number of rotatable bonds is 3. The van der Waals surface area contributed by atoms with Gasteiger partial charge in [0.05, 0.1) is 0 Å². The van der Waals surface area contributed by atoms with Gasteiger partial charge in [-0.2, -0.15) is 8.78 Å². The van der Waals surface area contributed by atoms with Gasteiger partial charge in [0, 0.05) is 18.5 Å². The van der Waals surface area contributed by atoms with Crippen LogP contribution in [0.15, 0.2) is 35.9 Å². The molecule has 0 amide bonds. The van der Waals surface area contributed by atoms with Crippen molar-refractivity contribution in [3.63, 3.8) is 0 Å². The third kappa shape index (κ3) is 2.81. The van der Waals surface area contributed by atoms with E-state index in [2.05, 4.69) is 0 Å². The molecule has 0 heterocycles. The van der Waals surface area contributed by atoms with Crippen LogP contribution in [0.1, 0.15) is 5.56 Å². The van der Waals surface area contributed by atoms with Gasteiger partial charge in [-0.3, -0.25) is 0 Å². The number of hydrogen-bond donors (Lipinski definition) is 2. The fraction of sp³-hybridized carbons (Fsp3) is 0.200. The Bertz CT molecular complexity index is 346. The summed E-state index contributed by atoms with van der Waals surface area (Å²) in [4.78, 5) is 0. The van der Waals surface area contributed by atoms with Gasteiger partial charge in [-0.15, -0.1) is 0 Å². The van der Waals surface area contributed by atoms with Gasteiger partial charge in [0.1, 0.15) is 5.75 Å². The van der Waals surface area contributed by atoms with Gasteiger partial charge in [-0.25, -0.2) is 0 Å². The maximum atomic E-state index is 12.2. The molecule has 1 aromatic rings. The van der Waals surface area contributed by atoms with Crippen LogP contribution in [-0.2, 0) is 6.42 Å². The van der Waals surface area contributed by atoms with Gasteiger partial charge < -0.3 is 10.8 Å². The molecule has 0 saturated carbocycles. The second-order valence-corrected chi connectivity index (χ2v) is 2.91. The lowest BCUT2D eigenvalue weighted by Gasteiger charge is -2.03. The first kappa shape index (κ1) is 10.7. The van der Waals surface area contributed by atoms with E-state index in [9.17, 15) is 8.78 Å². The van der Waals surface area contributed by atoms with Crippen LogP contribution in [0.5, 0.6) is 5.75 Å². The summed E-state index contributed by atoms with van der Waals surface area (Å²) in [6, 6.07) is 6.20. The summed E-state index contributed by atoms with van der Waals surface area (Å²) in [5, 5.41) is 9.10. The minimum Gasteiger partial charge on any atom is -0.508 e. The van der Waals surface area contributed by atoms with E-state index in [1.165, 1.54) is 12.1 Å². The van der Waals surface area contributed by atoms with Crippen LogP contribution >= 0.6 is 0 Å². The molecule has 0 aliphatic heterocycles. The van der Waals surface area contributed by atoms with E-state index in [4.69, 9.17) is 10.8 Å². The Labute approximate surface area is 80.7 Å². The van der Waals surface area contributed by atoms with Crippen LogP contribution in [0.25, 0.3) is 0 Å². The fourth-order valence-electron chi connectivity index (χ4n) is 1.13. The maximum absolute atomic E-state index is 12.2. The molecule has 0 unspecified atom stereocenters. The molecule has 0 radical (unpaired) electrons. The SMILES string of the molecule is NCC(Cc1cccc(O)c1)=C(F)F. The minimum absolute atomic E-state index is 0.0677. The molecule has 0 aliphatic rings. The number of benzene rings is 1. The lowest BCUT2D eigenvalue weighted by molar-refractivity contribution is 0.408. The molecular weight excluding hydrogens is 188 g/mol. The highest BCUT2D eigenvalue weighted by Gasteiger charge is 2.05. The van der Waals surface area contributed by atoms with Gasteiger partial charge in [0.15, 0.2) is 0 Å². The van der Waals surface area contributed by atoms with Crippen LogP contribution < -0.4 is 5.73 Å². The van der Waals surface area contributed by atoms with Gasteiger partial charge >= 0.3 is 0 Å². The van der Waals surface area contributed by atoms with E-state index in [1.807, 2.05) is 0 Å². The molecular formula is C10H11F2NO. The standard InChI is InChI=1S/C10H11F2NO/c11-10(12)8(6-13)4-7-2-1-3-9(14)5-7/h1-3,5,14H,4,6,13H2. The van der Waals surface area contributed by atoms with Crippen molar-refractivity contribution >= 4 is 0 Å². The highest BCUT2D eigenvalue weighted by Crippen LogP contribution is 2.17. The molecule has 0 saturated heterocycles. The summed E-state index contributed by atoms with van der Waals surface area (Å²) < 4.78 is 24.4. The summed E-state index contributed by atoms with van der Waals surface area (Å²) in [6.45, 7) is -0.169. The first-order valence-corrected chi connectivity index (χ1v) is 4.14. The zero-order chi connectivity index (χ0) is 10.6. The highest BCUT2D eigenvalue weighted by atomic mass is 19.3. The van der Waals surface area contributed by atoms with Crippen molar-refractivity contribution in [2.45, 2.75) is 6.42 Å². The largest absolute Gasteiger partial charge is 0.508 e. The molecule has 3 N–H and O–H groups in total. The van der Waals surface area contributed by atoms with Crippen molar-refractivity contribution in [1.29, 1.82) is 0 Å². The monoisotopic (exact) mass is 199 g/mol. The predicted molar refractivity (Wildman–Crippen MR) is 50.1 cm³/mol. The maximum Gasteiger partial charge on any atom is 0.271 e. The first-order chi connectivity index (χ1) is 6.63. The molecule has 0 fully saturated rings. The molecule has 0 spiro atoms. The van der Waals surface area contributed by atoms with Crippen molar-refractivity contribution in [1.82, 2.24) is 0 Å². The normalized spacial score (nSPS) is 9.93. The second kappa shape index (κ2) is 4.72. The number of aromatic hydroxyl groups is 1. The van der Waals surface area contributed by atoms with Gasteiger partial charge in [0.25, 0.3) is 6.08 Å². The zero-order valence-corrected chi connectivity index (χ0v) is 7.50. The van der Waals surface area contributed by atoms with E-state index in [0.29, 0.717) is 5.56 Å². The lowest BCUT2D eigenvalue weighted by atomic mass is 10.1. The minimum atomic E-state index is -1.74. The van der Waals surface area contributed by atoms with E-state index in [1.54, 1.807) is 12.1 Å². The molecule has 0 aliphatic carbocycles. The van der Waals surface area contributed by atoms with Gasteiger partial charge in [0.2, 0.25) is 0 Å². The third-order valence-electron chi connectivity index (χ3n) is 1.84. The summed E-state index contributed by atoms with van der Waals surface area (Å²) in [7, 11) is 0. The van der Waals surface area contributed by atoms with Crippen molar-refractivity contribution in [3.05, 3.63) is 41.5 Å². The van der Waals surface area contributed by atoms with Crippen LogP contribution in [-0.4, -0.2) is 11.7 Å². The zero-order valence-electron chi connectivity index (χ0n) is 7.50. The molecule has 1 rings (SSSR count). The topological polar surface area (TPSA) is 46.2 Å². The van der Waals surface area contributed by atoms with Crippen molar-refractivity contribution in [2.24, 2.45) is 5.73 Å². The van der Waals surface area contributed by atoms with Gasteiger partial charge in [-0.1, -0.05) is 12.1 Å². The molecule has 14 heavy (non-hydrogen) atoms.